The van der Waals surface area contributed by atoms with Gasteiger partial charge in [-0.05, 0) is 79.4 Å². The second-order valence-electron chi connectivity index (χ2n) is 10.7. The number of nitrogens with one attached hydrogen (secondary N) is 3. The Morgan fingerprint density at radius 3 is 2.27 bits per heavy atom. The van der Waals surface area contributed by atoms with E-state index in [0.717, 1.165) is 69.1 Å². The quantitative estimate of drug-likeness (QED) is 0.177. The van der Waals surface area contributed by atoms with Crippen molar-refractivity contribution in [3.63, 3.8) is 0 Å². The van der Waals surface area contributed by atoms with Crippen molar-refractivity contribution in [1.29, 1.82) is 0 Å². The number of aromatic carboxylic acids is 1. The first-order valence-corrected chi connectivity index (χ1v) is 16.1. The molecule has 1 fully saturated rings. The van der Waals surface area contributed by atoms with Crippen LogP contribution in [0.5, 0.6) is 11.5 Å². The lowest BCUT2D eigenvalue weighted by Crippen LogP contribution is -2.50. The van der Waals surface area contributed by atoms with Gasteiger partial charge < -0.3 is 20.5 Å². The number of halogens is 2. The topological polar surface area (TPSA) is 137 Å². The molecule has 4 N–H and O–H groups in total. The Kier molecular flexibility index (Phi) is 12.4. The van der Waals surface area contributed by atoms with Crippen molar-refractivity contribution in [2.75, 3.05) is 22.8 Å². The molecule has 1 saturated heterocycles. The molecule has 0 spiro atoms. The van der Waals surface area contributed by atoms with Gasteiger partial charge in [-0.15, -0.1) is 12.4 Å². The van der Waals surface area contributed by atoms with E-state index < -0.39 is 33.4 Å². The van der Waals surface area contributed by atoms with Crippen molar-refractivity contribution < 1.29 is 32.2 Å². The third kappa shape index (κ3) is 10.4. The van der Waals surface area contributed by atoms with Gasteiger partial charge in [0.25, 0.3) is 0 Å². The Morgan fingerprint density at radius 2 is 1.66 bits per heavy atom. The van der Waals surface area contributed by atoms with E-state index in [1.54, 1.807) is 24.3 Å². The number of hydrogen-bond acceptors (Lipinski definition) is 6. The molecule has 13 heteroatoms. The van der Waals surface area contributed by atoms with E-state index in [1.165, 1.54) is 6.07 Å². The average Bonchev–Trinajstić information content (AvgIpc) is 2.95. The van der Waals surface area contributed by atoms with Crippen LogP contribution in [0.15, 0.2) is 66.7 Å². The highest BCUT2D eigenvalue weighted by Gasteiger charge is 2.29. The first-order valence-electron chi connectivity index (χ1n) is 14.2. The molecule has 3 aromatic carbocycles. The van der Waals surface area contributed by atoms with Crippen LogP contribution < -0.4 is 20.1 Å². The number of rotatable bonds is 12. The summed E-state index contributed by atoms with van der Waals surface area (Å²) in [4.78, 5) is 26.3. The van der Waals surface area contributed by atoms with E-state index in [9.17, 15) is 22.4 Å². The van der Waals surface area contributed by atoms with Gasteiger partial charge in [0.1, 0.15) is 17.3 Å². The minimum absolute atomic E-state index is 0. The van der Waals surface area contributed by atoms with Gasteiger partial charge in [0.2, 0.25) is 10.0 Å². The third-order valence-electron chi connectivity index (χ3n) is 7.22. The number of carboxylic acids is 1. The summed E-state index contributed by atoms with van der Waals surface area (Å²) < 4.78 is 44.8. The Hall–Kier alpha value is -3.87. The van der Waals surface area contributed by atoms with Crippen LogP contribution in [0.2, 0.25) is 0 Å². The second kappa shape index (κ2) is 15.7. The van der Waals surface area contributed by atoms with Crippen LogP contribution in [0.25, 0.3) is 0 Å². The highest BCUT2D eigenvalue weighted by molar-refractivity contribution is 7.92. The van der Waals surface area contributed by atoms with Gasteiger partial charge in [0.05, 0.1) is 11.8 Å². The Morgan fingerprint density at radius 1 is 1.02 bits per heavy atom. The fourth-order valence-electron chi connectivity index (χ4n) is 5.14. The zero-order chi connectivity index (χ0) is 31.0. The second-order valence-corrected chi connectivity index (χ2v) is 12.5. The molecule has 0 bridgehead atoms. The number of hydrogen-bond donors (Lipinski definition) is 4. The summed E-state index contributed by atoms with van der Waals surface area (Å²) in [6.07, 6.45) is 5.77. The van der Waals surface area contributed by atoms with Gasteiger partial charge in [0.15, 0.2) is 0 Å². The fourth-order valence-corrected chi connectivity index (χ4v) is 5.70. The summed E-state index contributed by atoms with van der Waals surface area (Å²) in [5, 5.41) is 14.7. The average molecular weight is 649 g/mol. The lowest BCUT2D eigenvalue weighted by Gasteiger charge is -2.40. The molecular weight excluding hydrogens is 611 g/mol. The van der Waals surface area contributed by atoms with Crippen molar-refractivity contribution in [3.8, 4) is 11.5 Å². The minimum atomic E-state index is -3.34. The predicted molar refractivity (Wildman–Crippen MR) is 171 cm³/mol. The summed E-state index contributed by atoms with van der Waals surface area (Å²) in [5.41, 5.74) is 1.31. The number of likely N-dealkylation sites (tertiary alicyclic amines) is 1. The van der Waals surface area contributed by atoms with E-state index in [1.807, 2.05) is 24.3 Å². The third-order valence-corrected chi connectivity index (χ3v) is 7.83. The monoisotopic (exact) mass is 648 g/mol. The maximum Gasteiger partial charge on any atom is 0.338 e. The smallest absolute Gasteiger partial charge is 0.338 e. The summed E-state index contributed by atoms with van der Waals surface area (Å²) in [6, 6.07) is 17.8. The van der Waals surface area contributed by atoms with Crippen molar-refractivity contribution in [2.24, 2.45) is 0 Å². The Bertz CT molecular complexity index is 1520. The van der Waals surface area contributed by atoms with Crippen LogP contribution in [-0.2, 0) is 16.6 Å². The molecule has 1 aliphatic heterocycles. The molecule has 2 atom stereocenters. The van der Waals surface area contributed by atoms with Gasteiger partial charge in [0, 0.05) is 36.5 Å². The van der Waals surface area contributed by atoms with Crippen LogP contribution >= 0.6 is 12.4 Å². The molecule has 10 nitrogen and oxygen atoms in total. The summed E-state index contributed by atoms with van der Waals surface area (Å²) >= 11 is 0. The van der Waals surface area contributed by atoms with Crippen LogP contribution in [0.1, 0.15) is 54.9 Å². The maximum absolute atomic E-state index is 13.7. The van der Waals surface area contributed by atoms with Crippen molar-refractivity contribution >= 4 is 45.8 Å². The number of nitrogens with zero attached hydrogens (tertiary/aromatic N) is 1. The maximum atomic E-state index is 13.7. The molecule has 0 radical (unpaired) electrons. The van der Waals surface area contributed by atoms with Crippen LogP contribution in [-0.4, -0.2) is 55.3 Å². The number of piperidine rings is 1. The molecule has 2 unspecified atom stereocenters. The van der Waals surface area contributed by atoms with Gasteiger partial charge >= 0.3 is 12.0 Å². The van der Waals surface area contributed by atoms with Crippen LogP contribution in [0, 0.1) is 5.82 Å². The molecular formula is C31H38ClFN4O6S. The minimum Gasteiger partial charge on any atom is -0.478 e. The molecule has 0 aromatic heterocycles. The zero-order valence-electron chi connectivity index (χ0n) is 24.6. The highest BCUT2D eigenvalue weighted by atomic mass is 35.5. The van der Waals surface area contributed by atoms with E-state index in [4.69, 9.17) is 9.84 Å². The fraction of sp³-hybridized carbons (Fsp3) is 0.355. The number of ether oxygens (including phenoxy) is 1. The van der Waals surface area contributed by atoms with E-state index in [-0.39, 0.29) is 30.2 Å². The van der Waals surface area contributed by atoms with Gasteiger partial charge in [-0.1, -0.05) is 31.9 Å². The number of carbonyl (C=O) groups excluding carboxylic acids is 1. The Balaban J connectivity index is 0.00000529. The van der Waals surface area contributed by atoms with Gasteiger partial charge in [-0.3, -0.25) is 9.62 Å². The highest BCUT2D eigenvalue weighted by Crippen LogP contribution is 2.27. The Labute approximate surface area is 263 Å². The first kappa shape index (κ1) is 34.6. The van der Waals surface area contributed by atoms with Crippen LogP contribution in [0.4, 0.5) is 20.6 Å². The molecule has 3 aromatic rings. The van der Waals surface area contributed by atoms with E-state index in [0.29, 0.717) is 17.2 Å². The number of sulfonamides is 1. The molecule has 4 rings (SSSR count). The summed E-state index contributed by atoms with van der Waals surface area (Å²) in [7, 11) is -3.34. The molecule has 238 valence electrons. The normalized spacial score (nSPS) is 16.8. The largest absolute Gasteiger partial charge is 0.478 e. The predicted octanol–water partition coefficient (Wildman–Crippen LogP) is 6.45. The molecule has 1 heterocycles. The van der Waals surface area contributed by atoms with Crippen molar-refractivity contribution in [2.45, 2.75) is 57.7 Å². The van der Waals surface area contributed by atoms with Crippen molar-refractivity contribution in [3.05, 3.63) is 83.7 Å². The van der Waals surface area contributed by atoms with Crippen molar-refractivity contribution in [1.82, 2.24) is 10.2 Å². The molecule has 0 saturated carbocycles. The number of amides is 2. The van der Waals surface area contributed by atoms with Crippen LogP contribution in [0.3, 0.4) is 0 Å². The number of benzene rings is 3. The summed E-state index contributed by atoms with van der Waals surface area (Å²) in [6.45, 7) is 3.71. The molecule has 0 aliphatic carbocycles. The SMILES string of the molecule is CCCCC1CC(NC(=O)Nc2ccc(F)c(C(=O)O)c2)CCN1Cc1ccc(Oc2ccc(NS(C)(=O)=O)cc2)cc1.Cl. The lowest BCUT2D eigenvalue weighted by molar-refractivity contribution is 0.0691. The van der Waals surface area contributed by atoms with E-state index >= 15 is 0 Å². The number of anilines is 2. The van der Waals surface area contributed by atoms with E-state index in [2.05, 4.69) is 27.2 Å². The summed E-state index contributed by atoms with van der Waals surface area (Å²) in [5.74, 6) is -0.999. The lowest BCUT2D eigenvalue weighted by atomic mass is 9.93. The molecule has 44 heavy (non-hydrogen) atoms. The number of carbonyl (C=O) groups is 2. The standard InChI is InChI=1S/C31H37FN4O6S.ClH/c1-3-4-5-25-18-24(34-31(39)33-23-10-15-29(32)28(19-23)30(37)38)16-17-36(25)20-21-6-11-26(12-7-21)42-27-13-8-22(9-14-27)35-43(2,40)41;/h6-15,19,24-25,35H,3-5,16-18,20H2,1-2H3,(H,37,38)(H2,33,34,39);1H. The molecule has 2 amide bonds. The van der Waals surface area contributed by atoms with Gasteiger partial charge in [-0.2, -0.15) is 0 Å². The number of carboxylic acid groups (broad SMARTS) is 1. The van der Waals surface area contributed by atoms with Gasteiger partial charge in [-0.25, -0.2) is 22.4 Å². The number of unbranched alkanes of at least 4 members (excludes halogenated alkanes) is 1. The zero-order valence-corrected chi connectivity index (χ0v) is 26.2. The first-order chi connectivity index (χ1) is 20.5. The number of urea groups is 1. The molecule has 1 aliphatic rings.